The quantitative estimate of drug-likeness (QED) is 0.210. The Balaban J connectivity index is 1.46. The fourth-order valence-corrected chi connectivity index (χ4v) is 7.60. The molecule has 2 fully saturated rings. The molecular formula is C31H30BrClF3N3O4S. The van der Waals surface area contributed by atoms with E-state index in [1.54, 1.807) is 24.3 Å². The molecule has 0 spiro atoms. The van der Waals surface area contributed by atoms with Crippen molar-refractivity contribution in [2.24, 2.45) is 0 Å². The fraction of sp³-hybridized carbons (Fsp3) is 0.387. The van der Waals surface area contributed by atoms with Crippen molar-refractivity contribution < 1.29 is 31.4 Å². The number of sulfonamides is 1. The number of rotatable bonds is 6. The minimum absolute atomic E-state index is 0.172. The molecule has 0 saturated carbocycles. The predicted octanol–water partition coefficient (Wildman–Crippen LogP) is 7.46. The average Bonchev–Trinajstić information content (AvgIpc) is 3.40. The molecule has 2 atom stereocenters. The molecule has 2 saturated heterocycles. The molecule has 2 unspecified atom stereocenters. The zero-order valence-electron chi connectivity index (χ0n) is 23.5. The SMILES string of the molecule is O=S(=O)(N1CCC(c2nn(C3CCCCO3)c3ccc(C(O)(c4ccc(Cl)cc4)c4ccc(Br)cc4)cc23)CC1)C(F)(F)F. The Hall–Kier alpha value is -2.48. The van der Waals surface area contributed by atoms with E-state index < -0.39 is 21.1 Å². The second-order valence-electron chi connectivity index (χ2n) is 11.2. The van der Waals surface area contributed by atoms with Crippen LogP contribution in [0.4, 0.5) is 13.2 Å². The zero-order chi connectivity index (χ0) is 31.3. The number of aliphatic hydroxyl groups is 1. The normalized spacial score (nSPS) is 20.5. The van der Waals surface area contributed by atoms with Crippen LogP contribution in [-0.4, -0.2) is 52.8 Å². The topological polar surface area (TPSA) is 84.7 Å². The van der Waals surface area contributed by atoms with E-state index in [9.17, 15) is 26.7 Å². The molecule has 0 bridgehead atoms. The maximum Gasteiger partial charge on any atom is 0.511 e. The Morgan fingerprint density at radius 3 is 2.11 bits per heavy atom. The molecular weight excluding hydrogens is 683 g/mol. The van der Waals surface area contributed by atoms with E-state index in [0.29, 0.717) is 38.3 Å². The summed E-state index contributed by atoms with van der Waals surface area (Å²) < 4.78 is 73.1. The Labute approximate surface area is 266 Å². The number of hydrogen-bond donors (Lipinski definition) is 1. The minimum atomic E-state index is -5.41. The number of nitrogens with zero attached hydrogens (tertiary/aromatic N) is 3. The van der Waals surface area contributed by atoms with Gasteiger partial charge in [0.15, 0.2) is 6.23 Å². The molecule has 234 valence electrons. The maximum absolute atomic E-state index is 13.2. The number of benzene rings is 3. The molecule has 13 heteroatoms. The summed E-state index contributed by atoms with van der Waals surface area (Å²) >= 11 is 9.65. The molecule has 4 aromatic rings. The molecule has 2 aliphatic heterocycles. The second-order valence-corrected chi connectivity index (χ2v) is 14.5. The van der Waals surface area contributed by atoms with Crippen molar-refractivity contribution in [2.75, 3.05) is 19.7 Å². The van der Waals surface area contributed by atoms with Crippen molar-refractivity contribution in [3.63, 3.8) is 0 Å². The van der Waals surface area contributed by atoms with Gasteiger partial charge in [-0.1, -0.05) is 57.9 Å². The van der Waals surface area contributed by atoms with E-state index in [2.05, 4.69) is 15.9 Å². The Morgan fingerprint density at radius 1 is 0.909 bits per heavy atom. The van der Waals surface area contributed by atoms with E-state index in [1.807, 2.05) is 47.1 Å². The van der Waals surface area contributed by atoms with Crippen LogP contribution >= 0.6 is 27.5 Å². The number of ether oxygens (including phenoxy) is 1. The second kappa shape index (κ2) is 12.0. The molecule has 1 aromatic heterocycles. The van der Waals surface area contributed by atoms with Gasteiger partial charge < -0.3 is 9.84 Å². The molecule has 3 heterocycles. The van der Waals surface area contributed by atoms with Crippen LogP contribution in [0.3, 0.4) is 0 Å². The number of halogens is 5. The third kappa shape index (κ3) is 5.69. The van der Waals surface area contributed by atoms with Crippen molar-refractivity contribution >= 4 is 48.5 Å². The summed E-state index contributed by atoms with van der Waals surface area (Å²) in [6.45, 7) is 0.0508. The van der Waals surface area contributed by atoms with Crippen LogP contribution in [0, 0.1) is 0 Å². The summed E-state index contributed by atoms with van der Waals surface area (Å²) in [5.74, 6) is -0.298. The molecule has 1 N–H and O–H groups in total. The standard InChI is InChI=1S/C31H30BrClF3N3O4S/c32-24-9-4-21(5-10-24)30(40,22-6-11-25(33)12-7-22)23-8-13-27-26(19-23)29(37-39(27)28-3-1-2-18-43-28)20-14-16-38(17-15-20)44(41,42)31(34,35)36/h4-13,19-20,28,40H,1-3,14-18H2. The van der Waals surface area contributed by atoms with Gasteiger partial charge in [0.25, 0.3) is 0 Å². The summed E-state index contributed by atoms with van der Waals surface area (Å²) in [4.78, 5) is 0. The lowest BCUT2D eigenvalue weighted by molar-refractivity contribution is -0.0495. The number of aromatic nitrogens is 2. The van der Waals surface area contributed by atoms with Crippen LogP contribution in [-0.2, 0) is 20.4 Å². The summed E-state index contributed by atoms with van der Waals surface area (Å²) in [6, 6.07) is 20.0. The van der Waals surface area contributed by atoms with Gasteiger partial charge in [0.05, 0.1) is 11.2 Å². The highest BCUT2D eigenvalue weighted by atomic mass is 79.9. The highest BCUT2D eigenvalue weighted by Gasteiger charge is 2.50. The van der Waals surface area contributed by atoms with Gasteiger partial charge in [-0.05, 0) is 85.2 Å². The number of piperidine rings is 1. The van der Waals surface area contributed by atoms with Crippen molar-refractivity contribution in [2.45, 2.75) is 55.4 Å². The van der Waals surface area contributed by atoms with Gasteiger partial charge in [0, 0.05) is 40.5 Å². The summed E-state index contributed by atoms with van der Waals surface area (Å²) in [6.07, 6.45) is 2.70. The van der Waals surface area contributed by atoms with Crippen LogP contribution < -0.4 is 0 Å². The van der Waals surface area contributed by atoms with E-state index in [1.165, 1.54) is 0 Å². The first-order valence-corrected chi connectivity index (χ1v) is 17.0. The fourth-order valence-electron chi connectivity index (χ4n) is 6.23. The first-order chi connectivity index (χ1) is 20.9. The molecule has 6 rings (SSSR count). The first kappa shape index (κ1) is 31.5. The Kier molecular flexibility index (Phi) is 8.61. The van der Waals surface area contributed by atoms with Crippen molar-refractivity contribution in [1.82, 2.24) is 14.1 Å². The third-order valence-corrected chi connectivity index (χ3v) is 11.0. The molecule has 0 radical (unpaired) electrons. The summed E-state index contributed by atoms with van der Waals surface area (Å²) in [5, 5.41) is 18.8. The molecule has 44 heavy (non-hydrogen) atoms. The molecule has 0 aliphatic carbocycles. The predicted molar refractivity (Wildman–Crippen MR) is 165 cm³/mol. The first-order valence-electron chi connectivity index (χ1n) is 14.3. The molecule has 2 aliphatic rings. The van der Waals surface area contributed by atoms with E-state index in [-0.39, 0.29) is 38.1 Å². The third-order valence-electron chi connectivity index (χ3n) is 8.58. The number of alkyl halides is 3. The van der Waals surface area contributed by atoms with Gasteiger partial charge in [0.1, 0.15) is 5.60 Å². The van der Waals surface area contributed by atoms with E-state index >= 15 is 0 Å². The Morgan fingerprint density at radius 2 is 1.52 bits per heavy atom. The van der Waals surface area contributed by atoms with Crippen molar-refractivity contribution in [1.29, 1.82) is 0 Å². The van der Waals surface area contributed by atoms with Crippen LogP contribution in [0.1, 0.15) is 66.6 Å². The monoisotopic (exact) mass is 711 g/mol. The van der Waals surface area contributed by atoms with Gasteiger partial charge in [-0.3, -0.25) is 0 Å². The average molecular weight is 713 g/mol. The zero-order valence-corrected chi connectivity index (χ0v) is 26.6. The van der Waals surface area contributed by atoms with Crippen LogP contribution in [0.5, 0.6) is 0 Å². The van der Waals surface area contributed by atoms with Gasteiger partial charge in [0.2, 0.25) is 0 Å². The smallest absolute Gasteiger partial charge is 0.376 e. The Bertz CT molecular complexity index is 1710. The molecule has 3 aromatic carbocycles. The number of fused-ring (bicyclic) bond motifs is 1. The maximum atomic E-state index is 13.2. The summed E-state index contributed by atoms with van der Waals surface area (Å²) in [7, 11) is -5.41. The molecule has 7 nitrogen and oxygen atoms in total. The van der Waals surface area contributed by atoms with Crippen LogP contribution in [0.2, 0.25) is 5.02 Å². The minimum Gasteiger partial charge on any atom is -0.376 e. The number of hydrogen-bond acceptors (Lipinski definition) is 5. The van der Waals surface area contributed by atoms with Crippen LogP contribution in [0.25, 0.3) is 10.9 Å². The van der Waals surface area contributed by atoms with E-state index in [0.717, 1.165) is 34.6 Å². The van der Waals surface area contributed by atoms with Crippen molar-refractivity contribution in [3.05, 3.63) is 98.6 Å². The van der Waals surface area contributed by atoms with E-state index in [4.69, 9.17) is 21.4 Å². The van der Waals surface area contributed by atoms with Gasteiger partial charge >= 0.3 is 15.5 Å². The highest BCUT2D eigenvalue weighted by molar-refractivity contribution is 9.10. The van der Waals surface area contributed by atoms with Gasteiger partial charge in [-0.2, -0.15) is 22.6 Å². The van der Waals surface area contributed by atoms with Gasteiger partial charge in [-0.15, -0.1) is 0 Å². The largest absolute Gasteiger partial charge is 0.511 e. The van der Waals surface area contributed by atoms with Crippen LogP contribution in [0.15, 0.2) is 71.2 Å². The van der Waals surface area contributed by atoms with Crippen molar-refractivity contribution in [3.8, 4) is 0 Å². The highest BCUT2D eigenvalue weighted by Crippen LogP contribution is 2.42. The molecule has 0 amide bonds. The summed E-state index contributed by atoms with van der Waals surface area (Å²) in [5.41, 5.74) is -3.72. The lowest BCUT2D eigenvalue weighted by Crippen LogP contribution is -2.44. The lowest BCUT2D eigenvalue weighted by atomic mass is 9.79. The lowest BCUT2D eigenvalue weighted by Gasteiger charge is -2.31. The van der Waals surface area contributed by atoms with Gasteiger partial charge in [-0.25, -0.2) is 13.1 Å².